The molecular formula is C21H17F3N2O2. The SMILES string of the molecule is NC(=O)[C@@H](Cc1cccc2ccccc12)NC(=O)c1ccccc1C(F)(F)F. The molecule has 0 radical (unpaired) electrons. The molecule has 4 nitrogen and oxygen atoms in total. The average Bonchev–Trinajstić information content (AvgIpc) is 2.67. The fraction of sp³-hybridized carbons (Fsp3) is 0.143. The minimum atomic E-state index is -4.69. The van der Waals surface area contributed by atoms with Crippen LogP contribution in [0.15, 0.2) is 66.7 Å². The lowest BCUT2D eigenvalue weighted by atomic mass is 9.98. The summed E-state index contributed by atoms with van der Waals surface area (Å²) in [4.78, 5) is 24.3. The number of hydrogen-bond donors (Lipinski definition) is 2. The van der Waals surface area contributed by atoms with E-state index in [2.05, 4.69) is 5.32 Å². The van der Waals surface area contributed by atoms with Gasteiger partial charge in [-0.1, -0.05) is 54.6 Å². The predicted molar refractivity (Wildman–Crippen MR) is 99.5 cm³/mol. The quantitative estimate of drug-likeness (QED) is 0.702. The van der Waals surface area contributed by atoms with Gasteiger partial charge in [-0.15, -0.1) is 0 Å². The number of carbonyl (C=O) groups excluding carboxylic acids is 2. The number of hydrogen-bond acceptors (Lipinski definition) is 2. The van der Waals surface area contributed by atoms with Crippen LogP contribution in [0.25, 0.3) is 10.8 Å². The van der Waals surface area contributed by atoms with E-state index < -0.39 is 35.2 Å². The normalized spacial score (nSPS) is 12.5. The van der Waals surface area contributed by atoms with Crippen molar-refractivity contribution in [2.24, 2.45) is 5.73 Å². The molecule has 0 aliphatic carbocycles. The Hall–Kier alpha value is -3.35. The second-order valence-corrected chi connectivity index (χ2v) is 6.31. The smallest absolute Gasteiger partial charge is 0.368 e. The number of nitrogens with two attached hydrogens (primary N) is 1. The van der Waals surface area contributed by atoms with E-state index in [1.807, 2.05) is 30.3 Å². The Labute approximate surface area is 159 Å². The number of nitrogens with one attached hydrogen (secondary N) is 1. The molecule has 0 saturated heterocycles. The Morgan fingerprint density at radius 1 is 0.929 bits per heavy atom. The molecule has 7 heteroatoms. The maximum atomic E-state index is 13.2. The first-order valence-electron chi connectivity index (χ1n) is 8.50. The van der Waals surface area contributed by atoms with Crippen LogP contribution in [-0.4, -0.2) is 17.9 Å². The van der Waals surface area contributed by atoms with Gasteiger partial charge in [-0.05, 0) is 28.5 Å². The van der Waals surface area contributed by atoms with Gasteiger partial charge in [-0.3, -0.25) is 9.59 Å². The van der Waals surface area contributed by atoms with Gasteiger partial charge in [-0.25, -0.2) is 0 Å². The summed E-state index contributed by atoms with van der Waals surface area (Å²) in [5.41, 5.74) is 4.53. The van der Waals surface area contributed by atoms with Gasteiger partial charge in [0.15, 0.2) is 0 Å². The highest BCUT2D eigenvalue weighted by molar-refractivity contribution is 5.99. The Balaban J connectivity index is 1.89. The zero-order valence-corrected chi connectivity index (χ0v) is 14.7. The van der Waals surface area contributed by atoms with Crippen LogP contribution in [0.2, 0.25) is 0 Å². The van der Waals surface area contributed by atoms with Gasteiger partial charge in [0.05, 0.1) is 11.1 Å². The molecule has 3 N–H and O–H groups in total. The molecule has 0 aromatic heterocycles. The predicted octanol–water partition coefficient (Wildman–Crippen LogP) is 3.69. The van der Waals surface area contributed by atoms with Crippen molar-refractivity contribution < 1.29 is 22.8 Å². The molecule has 1 atom stereocenters. The van der Waals surface area contributed by atoms with Crippen molar-refractivity contribution in [1.29, 1.82) is 0 Å². The Morgan fingerprint density at radius 3 is 2.29 bits per heavy atom. The lowest BCUT2D eigenvalue weighted by molar-refractivity contribution is -0.137. The van der Waals surface area contributed by atoms with Gasteiger partial charge in [0, 0.05) is 6.42 Å². The van der Waals surface area contributed by atoms with Crippen molar-refractivity contribution in [2.45, 2.75) is 18.6 Å². The molecule has 3 aromatic rings. The van der Waals surface area contributed by atoms with Crippen molar-refractivity contribution in [3.63, 3.8) is 0 Å². The van der Waals surface area contributed by atoms with E-state index in [4.69, 9.17) is 5.73 Å². The Bertz CT molecular complexity index is 1030. The van der Waals surface area contributed by atoms with E-state index in [1.54, 1.807) is 12.1 Å². The van der Waals surface area contributed by atoms with E-state index in [1.165, 1.54) is 12.1 Å². The number of fused-ring (bicyclic) bond motifs is 1. The second-order valence-electron chi connectivity index (χ2n) is 6.31. The van der Waals surface area contributed by atoms with Gasteiger partial charge in [-0.2, -0.15) is 13.2 Å². The lowest BCUT2D eigenvalue weighted by Gasteiger charge is -2.18. The summed E-state index contributed by atoms with van der Waals surface area (Å²) in [5, 5.41) is 4.16. The van der Waals surface area contributed by atoms with Gasteiger partial charge in [0.2, 0.25) is 5.91 Å². The van der Waals surface area contributed by atoms with Crippen LogP contribution in [-0.2, 0) is 17.4 Å². The number of benzene rings is 3. The van der Waals surface area contributed by atoms with E-state index >= 15 is 0 Å². The molecule has 0 aliphatic heterocycles. The lowest BCUT2D eigenvalue weighted by Crippen LogP contribution is -2.46. The highest BCUT2D eigenvalue weighted by Gasteiger charge is 2.35. The van der Waals surface area contributed by atoms with Crippen molar-refractivity contribution in [3.05, 3.63) is 83.4 Å². The second kappa shape index (κ2) is 7.72. The molecular weight excluding hydrogens is 369 g/mol. The number of rotatable bonds is 5. The summed E-state index contributed by atoms with van der Waals surface area (Å²) in [6, 6.07) is 16.2. The molecule has 3 rings (SSSR count). The third-order valence-electron chi connectivity index (χ3n) is 4.43. The first kappa shape index (κ1) is 19.4. The molecule has 0 heterocycles. The number of primary amides is 1. The molecule has 0 spiro atoms. The van der Waals surface area contributed by atoms with Crippen molar-refractivity contribution >= 4 is 22.6 Å². The third-order valence-corrected chi connectivity index (χ3v) is 4.43. The summed E-state index contributed by atoms with van der Waals surface area (Å²) >= 11 is 0. The summed E-state index contributed by atoms with van der Waals surface area (Å²) in [6.07, 6.45) is -4.62. The molecule has 0 bridgehead atoms. The Morgan fingerprint density at radius 2 is 1.57 bits per heavy atom. The third kappa shape index (κ3) is 4.14. The molecule has 2 amide bonds. The van der Waals surface area contributed by atoms with Gasteiger partial charge >= 0.3 is 6.18 Å². The first-order valence-corrected chi connectivity index (χ1v) is 8.50. The standard InChI is InChI=1S/C21H17F3N2O2/c22-21(23,24)17-11-4-3-10-16(17)20(28)26-18(19(25)27)12-14-8-5-7-13-6-1-2-9-15(13)14/h1-11,18H,12H2,(H2,25,27)(H,26,28)/t18-/m1/s1. The van der Waals surface area contributed by atoms with Crippen molar-refractivity contribution in [3.8, 4) is 0 Å². The largest absolute Gasteiger partial charge is 0.417 e. The molecule has 3 aromatic carbocycles. The molecule has 0 saturated carbocycles. The zero-order valence-electron chi connectivity index (χ0n) is 14.7. The van der Waals surface area contributed by atoms with Crippen molar-refractivity contribution in [1.82, 2.24) is 5.32 Å². The summed E-state index contributed by atoms with van der Waals surface area (Å²) < 4.78 is 39.5. The van der Waals surface area contributed by atoms with Crippen LogP contribution < -0.4 is 11.1 Å². The van der Waals surface area contributed by atoms with Crippen molar-refractivity contribution in [2.75, 3.05) is 0 Å². The zero-order chi connectivity index (χ0) is 20.3. The average molecular weight is 386 g/mol. The van der Waals surface area contributed by atoms with Crippen LogP contribution >= 0.6 is 0 Å². The number of halogens is 3. The van der Waals surface area contributed by atoms with E-state index in [0.29, 0.717) is 0 Å². The topological polar surface area (TPSA) is 72.2 Å². The first-order chi connectivity index (χ1) is 13.3. The number of carbonyl (C=O) groups is 2. The maximum absolute atomic E-state index is 13.2. The van der Waals surface area contributed by atoms with E-state index in [-0.39, 0.29) is 6.42 Å². The summed E-state index contributed by atoms with van der Waals surface area (Å²) in [7, 11) is 0. The minimum absolute atomic E-state index is 0.0661. The number of amides is 2. The Kier molecular flexibility index (Phi) is 5.35. The van der Waals surface area contributed by atoms with Crippen LogP contribution in [0, 0.1) is 0 Å². The van der Waals surface area contributed by atoms with Gasteiger partial charge in [0.1, 0.15) is 6.04 Å². The van der Waals surface area contributed by atoms with E-state index in [0.717, 1.165) is 28.5 Å². The number of alkyl halides is 3. The summed E-state index contributed by atoms with van der Waals surface area (Å²) in [6.45, 7) is 0. The van der Waals surface area contributed by atoms with Crippen LogP contribution in [0.1, 0.15) is 21.5 Å². The van der Waals surface area contributed by atoms with Gasteiger partial charge in [0.25, 0.3) is 5.91 Å². The highest BCUT2D eigenvalue weighted by Crippen LogP contribution is 2.31. The summed E-state index contributed by atoms with van der Waals surface area (Å²) in [5.74, 6) is -1.83. The molecule has 144 valence electrons. The van der Waals surface area contributed by atoms with Crippen LogP contribution in [0.5, 0.6) is 0 Å². The fourth-order valence-corrected chi connectivity index (χ4v) is 3.08. The van der Waals surface area contributed by atoms with Gasteiger partial charge < -0.3 is 11.1 Å². The molecule has 28 heavy (non-hydrogen) atoms. The molecule has 0 unspecified atom stereocenters. The fourth-order valence-electron chi connectivity index (χ4n) is 3.08. The van der Waals surface area contributed by atoms with Crippen LogP contribution in [0.3, 0.4) is 0 Å². The molecule has 0 fully saturated rings. The highest BCUT2D eigenvalue weighted by atomic mass is 19.4. The molecule has 0 aliphatic rings. The maximum Gasteiger partial charge on any atom is 0.417 e. The minimum Gasteiger partial charge on any atom is -0.368 e. The monoisotopic (exact) mass is 386 g/mol. The van der Waals surface area contributed by atoms with Crippen LogP contribution in [0.4, 0.5) is 13.2 Å². The van der Waals surface area contributed by atoms with E-state index in [9.17, 15) is 22.8 Å².